The first kappa shape index (κ1) is 23.0. The third kappa shape index (κ3) is 6.14. The van der Waals surface area contributed by atoms with Gasteiger partial charge in [0.2, 0.25) is 10.0 Å². The van der Waals surface area contributed by atoms with Crippen LogP contribution in [0.3, 0.4) is 0 Å². The SMILES string of the molecule is C[C@@H](C(=O)N/N=C\c1ccc(F)cc1)N(c1ccc(Oc2ccccc2)cc1)S(C)(=O)=O. The average Bonchev–Trinajstić information content (AvgIpc) is 2.76. The van der Waals surface area contributed by atoms with E-state index in [0.29, 0.717) is 22.7 Å². The number of sulfonamides is 1. The first-order chi connectivity index (χ1) is 15.2. The monoisotopic (exact) mass is 455 g/mol. The number of rotatable bonds is 8. The Labute approximate surface area is 186 Å². The number of hydrazone groups is 1. The maximum atomic E-state index is 13.0. The average molecular weight is 456 g/mol. The molecular weight excluding hydrogens is 433 g/mol. The Morgan fingerprint density at radius 3 is 2.19 bits per heavy atom. The lowest BCUT2D eigenvalue weighted by atomic mass is 10.2. The zero-order valence-electron chi connectivity index (χ0n) is 17.5. The number of para-hydroxylation sites is 1. The van der Waals surface area contributed by atoms with Gasteiger partial charge in [-0.2, -0.15) is 5.10 Å². The number of nitrogens with zero attached hydrogens (tertiary/aromatic N) is 2. The van der Waals surface area contributed by atoms with Gasteiger partial charge >= 0.3 is 0 Å². The van der Waals surface area contributed by atoms with Gasteiger partial charge in [-0.15, -0.1) is 0 Å². The van der Waals surface area contributed by atoms with Gasteiger partial charge in [0.1, 0.15) is 23.4 Å². The molecule has 0 aliphatic heterocycles. The highest BCUT2D eigenvalue weighted by molar-refractivity contribution is 7.92. The van der Waals surface area contributed by atoms with Crippen molar-refractivity contribution in [2.24, 2.45) is 5.10 Å². The first-order valence-electron chi connectivity index (χ1n) is 9.65. The Morgan fingerprint density at radius 1 is 1.00 bits per heavy atom. The van der Waals surface area contributed by atoms with E-state index in [4.69, 9.17) is 4.74 Å². The normalized spacial score (nSPS) is 12.3. The summed E-state index contributed by atoms with van der Waals surface area (Å²) in [6.45, 7) is 1.46. The summed E-state index contributed by atoms with van der Waals surface area (Å²) in [5.74, 6) is 0.156. The van der Waals surface area contributed by atoms with Gasteiger partial charge in [-0.05, 0) is 61.0 Å². The molecule has 0 aliphatic carbocycles. The van der Waals surface area contributed by atoms with Crippen molar-refractivity contribution in [1.82, 2.24) is 5.43 Å². The quantitative estimate of drug-likeness (QED) is 0.412. The van der Waals surface area contributed by atoms with Crippen molar-refractivity contribution in [3.05, 3.63) is 90.2 Å². The second kappa shape index (κ2) is 10.1. The van der Waals surface area contributed by atoms with Gasteiger partial charge in [0.15, 0.2) is 0 Å². The van der Waals surface area contributed by atoms with Crippen LogP contribution in [0.5, 0.6) is 11.5 Å². The molecule has 3 aromatic rings. The number of carbonyl (C=O) groups is 1. The molecule has 32 heavy (non-hydrogen) atoms. The molecule has 0 bridgehead atoms. The largest absolute Gasteiger partial charge is 0.457 e. The van der Waals surface area contributed by atoms with Crippen molar-refractivity contribution < 1.29 is 22.3 Å². The number of hydrogen-bond acceptors (Lipinski definition) is 5. The standard InChI is InChI=1S/C23H22FN3O4S/c1-17(23(28)26-25-16-18-8-10-19(24)11-9-18)27(32(2,29)30)20-12-14-22(15-13-20)31-21-6-4-3-5-7-21/h3-17H,1-2H3,(H,26,28)/b25-16-/t17-/m0/s1. The zero-order valence-corrected chi connectivity index (χ0v) is 18.3. The third-order valence-electron chi connectivity index (χ3n) is 4.42. The van der Waals surface area contributed by atoms with Crippen molar-refractivity contribution in [2.75, 3.05) is 10.6 Å². The van der Waals surface area contributed by atoms with Crippen molar-refractivity contribution >= 4 is 27.8 Å². The molecule has 7 nitrogen and oxygen atoms in total. The van der Waals surface area contributed by atoms with Crippen LogP contribution >= 0.6 is 0 Å². The Balaban J connectivity index is 1.72. The van der Waals surface area contributed by atoms with E-state index in [1.807, 2.05) is 18.2 Å². The molecule has 0 fully saturated rings. The molecule has 1 N–H and O–H groups in total. The summed E-state index contributed by atoms with van der Waals surface area (Å²) in [5.41, 5.74) is 3.20. The van der Waals surface area contributed by atoms with Crippen LogP contribution in [0, 0.1) is 5.82 Å². The zero-order chi connectivity index (χ0) is 23.1. The smallest absolute Gasteiger partial charge is 0.263 e. The molecule has 3 rings (SSSR count). The predicted molar refractivity (Wildman–Crippen MR) is 122 cm³/mol. The predicted octanol–water partition coefficient (Wildman–Crippen LogP) is 3.92. The van der Waals surface area contributed by atoms with Crippen molar-refractivity contribution in [1.29, 1.82) is 0 Å². The Kier molecular flexibility index (Phi) is 7.21. The molecule has 166 valence electrons. The highest BCUT2D eigenvalue weighted by Gasteiger charge is 2.29. The number of nitrogens with one attached hydrogen (secondary N) is 1. The molecule has 3 aromatic carbocycles. The van der Waals surface area contributed by atoms with Gasteiger partial charge in [0, 0.05) is 0 Å². The number of ether oxygens (including phenoxy) is 1. The Hall–Kier alpha value is -3.72. The minimum absolute atomic E-state index is 0.304. The van der Waals surface area contributed by atoms with Crippen LogP contribution in [0.2, 0.25) is 0 Å². The van der Waals surface area contributed by atoms with Crippen LogP contribution in [0.15, 0.2) is 84.0 Å². The van der Waals surface area contributed by atoms with E-state index < -0.39 is 22.0 Å². The highest BCUT2D eigenvalue weighted by atomic mass is 32.2. The number of halogens is 1. The summed E-state index contributed by atoms with van der Waals surface area (Å²) in [4.78, 5) is 12.5. The van der Waals surface area contributed by atoms with Crippen molar-refractivity contribution in [3.8, 4) is 11.5 Å². The number of carbonyl (C=O) groups excluding carboxylic acids is 1. The topological polar surface area (TPSA) is 88.1 Å². The molecule has 0 aromatic heterocycles. The number of anilines is 1. The van der Waals surface area contributed by atoms with Gasteiger partial charge in [0.25, 0.3) is 5.91 Å². The van der Waals surface area contributed by atoms with Crippen LogP contribution in [0.1, 0.15) is 12.5 Å². The van der Waals surface area contributed by atoms with Gasteiger partial charge in [0.05, 0.1) is 18.2 Å². The molecule has 1 atom stereocenters. The van der Waals surface area contributed by atoms with Crippen LogP contribution in [0.25, 0.3) is 0 Å². The summed E-state index contributed by atoms with van der Waals surface area (Å²) in [6.07, 6.45) is 2.36. The summed E-state index contributed by atoms with van der Waals surface area (Å²) in [5, 5.41) is 3.82. The lowest BCUT2D eigenvalue weighted by Crippen LogP contribution is -2.46. The molecule has 0 spiro atoms. The molecule has 0 saturated heterocycles. The van der Waals surface area contributed by atoms with Crippen LogP contribution < -0.4 is 14.5 Å². The first-order valence-corrected chi connectivity index (χ1v) is 11.5. The molecule has 0 radical (unpaired) electrons. The van der Waals surface area contributed by atoms with E-state index in [1.54, 1.807) is 36.4 Å². The van der Waals surface area contributed by atoms with Gasteiger partial charge < -0.3 is 4.74 Å². The molecule has 0 unspecified atom stereocenters. The fourth-order valence-electron chi connectivity index (χ4n) is 2.91. The molecular formula is C23H22FN3O4S. The van der Waals surface area contributed by atoms with E-state index >= 15 is 0 Å². The molecule has 9 heteroatoms. The van der Waals surface area contributed by atoms with Gasteiger partial charge in [-0.1, -0.05) is 30.3 Å². The van der Waals surface area contributed by atoms with E-state index in [9.17, 15) is 17.6 Å². The second-order valence-electron chi connectivity index (χ2n) is 6.93. The minimum atomic E-state index is -3.78. The van der Waals surface area contributed by atoms with E-state index in [0.717, 1.165) is 10.6 Å². The van der Waals surface area contributed by atoms with E-state index in [2.05, 4.69) is 10.5 Å². The molecule has 1 amide bonds. The van der Waals surface area contributed by atoms with Crippen LogP contribution in [-0.2, 0) is 14.8 Å². The lowest BCUT2D eigenvalue weighted by Gasteiger charge is -2.27. The summed E-state index contributed by atoms with van der Waals surface area (Å²) < 4.78 is 44.5. The molecule has 0 heterocycles. The summed E-state index contributed by atoms with van der Waals surface area (Å²) in [7, 11) is -3.78. The summed E-state index contributed by atoms with van der Waals surface area (Å²) in [6, 6.07) is 20.0. The summed E-state index contributed by atoms with van der Waals surface area (Å²) >= 11 is 0. The van der Waals surface area contributed by atoms with Crippen LogP contribution in [0.4, 0.5) is 10.1 Å². The Morgan fingerprint density at radius 2 is 1.59 bits per heavy atom. The third-order valence-corrected chi connectivity index (χ3v) is 5.66. The highest BCUT2D eigenvalue weighted by Crippen LogP contribution is 2.26. The van der Waals surface area contributed by atoms with Crippen LogP contribution in [-0.4, -0.2) is 32.8 Å². The van der Waals surface area contributed by atoms with Gasteiger partial charge in [-0.3, -0.25) is 9.10 Å². The number of hydrogen-bond donors (Lipinski definition) is 1. The fraction of sp³-hybridized carbons (Fsp3) is 0.130. The number of benzene rings is 3. The van der Waals surface area contributed by atoms with Crippen molar-refractivity contribution in [2.45, 2.75) is 13.0 Å². The van der Waals surface area contributed by atoms with E-state index in [-0.39, 0.29) is 5.82 Å². The molecule has 0 aliphatic rings. The second-order valence-corrected chi connectivity index (χ2v) is 8.79. The molecule has 0 saturated carbocycles. The lowest BCUT2D eigenvalue weighted by molar-refractivity contribution is -0.121. The van der Waals surface area contributed by atoms with Gasteiger partial charge in [-0.25, -0.2) is 18.2 Å². The Bertz CT molecular complexity index is 1180. The maximum Gasteiger partial charge on any atom is 0.263 e. The minimum Gasteiger partial charge on any atom is -0.457 e. The fourth-order valence-corrected chi connectivity index (χ4v) is 4.08. The maximum absolute atomic E-state index is 13.0. The van der Waals surface area contributed by atoms with E-state index in [1.165, 1.54) is 37.4 Å². The number of amides is 1. The van der Waals surface area contributed by atoms with Crippen molar-refractivity contribution in [3.63, 3.8) is 0 Å².